The van der Waals surface area contributed by atoms with E-state index in [2.05, 4.69) is 26.6 Å². The molecule has 0 saturated carbocycles. The predicted octanol–water partition coefficient (Wildman–Crippen LogP) is 1.96. The number of carbonyl (C=O) groups excluding carboxylic acids is 3. The zero-order valence-electron chi connectivity index (χ0n) is 13.2. The number of amides is 2. The van der Waals surface area contributed by atoms with Gasteiger partial charge in [0, 0.05) is 5.69 Å². The van der Waals surface area contributed by atoms with E-state index in [0.29, 0.717) is 16.1 Å². The molecule has 0 fully saturated rings. The molecule has 2 aromatic rings. The van der Waals surface area contributed by atoms with Gasteiger partial charge in [-0.15, -0.1) is 0 Å². The number of anilines is 1. The number of methoxy groups -OCH3 is 1. The van der Waals surface area contributed by atoms with E-state index in [4.69, 9.17) is 13.9 Å². The minimum atomic E-state index is -0.746. The van der Waals surface area contributed by atoms with Gasteiger partial charge in [-0.1, -0.05) is 0 Å². The maximum atomic E-state index is 11.7. The van der Waals surface area contributed by atoms with Gasteiger partial charge in [0.15, 0.2) is 17.0 Å². The Hall–Kier alpha value is -2.81. The Balaban J connectivity index is 1.70. The fourth-order valence-corrected chi connectivity index (χ4v) is 2.05. The molecule has 25 heavy (non-hydrogen) atoms. The number of carbonyl (C=O) groups is 3. The van der Waals surface area contributed by atoms with E-state index in [0.717, 1.165) is 0 Å². The molecule has 0 spiro atoms. The first-order valence-corrected chi connectivity index (χ1v) is 7.90. The van der Waals surface area contributed by atoms with E-state index in [-0.39, 0.29) is 12.3 Å². The van der Waals surface area contributed by atoms with Crippen molar-refractivity contribution in [3.05, 3.63) is 46.8 Å². The zero-order chi connectivity index (χ0) is 18.2. The van der Waals surface area contributed by atoms with Crippen molar-refractivity contribution in [2.45, 2.75) is 0 Å². The van der Waals surface area contributed by atoms with E-state index in [1.807, 2.05) is 0 Å². The molecule has 1 aromatic heterocycles. The Morgan fingerprint density at radius 3 is 2.44 bits per heavy atom. The second-order valence-electron chi connectivity index (χ2n) is 4.72. The first-order chi connectivity index (χ1) is 12.0. The molecule has 0 bridgehead atoms. The maximum absolute atomic E-state index is 11.7. The summed E-state index contributed by atoms with van der Waals surface area (Å²) in [5.74, 6) is -1.10. The van der Waals surface area contributed by atoms with Crippen LogP contribution in [-0.4, -0.2) is 38.0 Å². The lowest BCUT2D eigenvalue weighted by molar-refractivity contribution is -0.146. The molecule has 0 aliphatic carbocycles. The van der Waals surface area contributed by atoms with Crippen LogP contribution in [-0.2, 0) is 14.3 Å². The molecule has 1 heterocycles. The van der Waals surface area contributed by atoms with Crippen LogP contribution in [0.15, 0.2) is 45.5 Å². The van der Waals surface area contributed by atoms with Crippen molar-refractivity contribution >= 4 is 39.4 Å². The summed E-state index contributed by atoms with van der Waals surface area (Å²) < 4.78 is 15.2. The van der Waals surface area contributed by atoms with E-state index in [1.54, 1.807) is 30.3 Å². The van der Waals surface area contributed by atoms with Crippen LogP contribution < -0.4 is 15.4 Å². The first-order valence-electron chi connectivity index (χ1n) is 7.11. The number of rotatable bonds is 7. The van der Waals surface area contributed by atoms with Gasteiger partial charge < -0.3 is 24.5 Å². The van der Waals surface area contributed by atoms with Crippen molar-refractivity contribution in [2.24, 2.45) is 0 Å². The smallest absolute Gasteiger partial charge is 0.325 e. The van der Waals surface area contributed by atoms with Crippen LogP contribution in [0, 0.1) is 0 Å². The van der Waals surface area contributed by atoms with Crippen LogP contribution in [0.4, 0.5) is 5.69 Å². The van der Waals surface area contributed by atoms with Crippen LogP contribution in [0.2, 0.25) is 0 Å². The summed E-state index contributed by atoms with van der Waals surface area (Å²) in [6, 6.07) is 9.68. The fourth-order valence-electron chi connectivity index (χ4n) is 1.74. The first kappa shape index (κ1) is 18.5. The third-order valence-electron chi connectivity index (χ3n) is 2.93. The summed E-state index contributed by atoms with van der Waals surface area (Å²) in [7, 11) is 1.54. The molecular weight excluding hydrogens is 396 g/mol. The second kappa shape index (κ2) is 8.88. The molecule has 0 unspecified atom stereocenters. The van der Waals surface area contributed by atoms with E-state index in [9.17, 15) is 14.4 Å². The Labute approximate surface area is 151 Å². The van der Waals surface area contributed by atoms with Crippen molar-refractivity contribution < 1.29 is 28.3 Å². The summed E-state index contributed by atoms with van der Waals surface area (Å²) in [5.41, 5.74) is 0.540. The SMILES string of the molecule is COc1ccc(NC(=O)COC(=O)CNC(=O)c2ccc(Br)o2)cc1. The highest BCUT2D eigenvalue weighted by Gasteiger charge is 2.13. The quantitative estimate of drug-likeness (QED) is 0.675. The van der Waals surface area contributed by atoms with Crippen LogP contribution in [0.25, 0.3) is 0 Å². The molecule has 2 N–H and O–H groups in total. The molecule has 0 saturated heterocycles. The number of hydrogen-bond donors (Lipinski definition) is 2. The molecule has 0 radical (unpaired) electrons. The summed E-state index contributed by atoms with van der Waals surface area (Å²) in [6.07, 6.45) is 0. The third kappa shape index (κ3) is 5.96. The largest absolute Gasteiger partial charge is 0.497 e. The van der Waals surface area contributed by atoms with Crippen molar-refractivity contribution in [3.63, 3.8) is 0 Å². The van der Waals surface area contributed by atoms with Gasteiger partial charge in [-0.2, -0.15) is 0 Å². The van der Waals surface area contributed by atoms with Gasteiger partial charge in [0.05, 0.1) is 7.11 Å². The summed E-state index contributed by atoms with van der Waals surface area (Å²) >= 11 is 3.07. The monoisotopic (exact) mass is 410 g/mol. The van der Waals surface area contributed by atoms with Gasteiger partial charge in [-0.25, -0.2) is 0 Å². The Morgan fingerprint density at radius 1 is 1.12 bits per heavy atom. The normalized spacial score (nSPS) is 10.0. The van der Waals surface area contributed by atoms with E-state index < -0.39 is 24.4 Å². The lowest BCUT2D eigenvalue weighted by Crippen LogP contribution is -2.32. The standard InChI is InChI=1S/C16H15BrN2O6/c1-23-11-4-2-10(3-5-11)19-14(20)9-24-15(21)8-18-16(22)12-6-7-13(17)25-12/h2-7H,8-9H2,1H3,(H,18,22)(H,19,20). The molecule has 1 aromatic carbocycles. The summed E-state index contributed by atoms with van der Waals surface area (Å²) in [4.78, 5) is 34.9. The number of nitrogens with one attached hydrogen (secondary N) is 2. The van der Waals surface area contributed by atoms with Gasteiger partial charge in [0.2, 0.25) is 0 Å². The Morgan fingerprint density at radius 2 is 1.84 bits per heavy atom. The number of hydrogen-bond acceptors (Lipinski definition) is 6. The summed E-state index contributed by atoms with van der Waals surface area (Å²) in [6.45, 7) is -0.847. The van der Waals surface area contributed by atoms with Crippen molar-refractivity contribution in [2.75, 3.05) is 25.6 Å². The van der Waals surface area contributed by atoms with Crippen LogP contribution >= 0.6 is 15.9 Å². The Kier molecular flexibility index (Phi) is 6.58. The number of esters is 1. The summed E-state index contributed by atoms with van der Waals surface area (Å²) in [5, 5.41) is 4.89. The fraction of sp³-hybridized carbons (Fsp3) is 0.188. The molecule has 2 rings (SSSR count). The van der Waals surface area contributed by atoms with E-state index in [1.165, 1.54) is 13.2 Å². The topological polar surface area (TPSA) is 107 Å². The highest BCUT2D eigenvalue weighted by Crippen LogP contribution is 2.15. The molecule has 0 atom stereocenters. The predicted molar refractivity (Wildman–Crippen MR) is 91.3 cm³/mol. The van der Waals surface area contributed by atoms with Crippen LogP contribution in [0.5, 0.6) is 5.75 Å². The number of furan rings is 1. The van der Waals surface area contributed by atoms with Gasteiger partial charge >= 0.3 is 5.97 Å². The third-order valence-corrected chi connectivity index (χ3v) is 3.35. The lowest BCUT2D eigenvalue weighted by atomic mass is 10.3. The van der Waals surface area contributed by atoms with E-state index >= 15 is 0 Å². The number of halogens is 1. The van der Waals surface area contributed by atoms with Crippen molar-refractivity contribution in [1.82, 2.24) is 5.32 Å². The average Bonchev–Trinajstić information content (AvgIpc) is 3.05. The molecule has 2 amide bonds. The maximum Gasteiger partial charge on any atom is 0.325 e. The molecule has 0 aliphatic rings. The minimum Gasteiger partial charge on any atom is -0.497 e. The Bertz CT molecular complexity index is 756. The molecule has 0 aliphatic heterocycles. The average molecular weight is 411 g/mol. The molecule has 9 heteroatoms. The molecule has 8 nitrogen and oxygen atoms in total. The van der Waals surface area contributed by atoms with Crippen LogP contribution in [0.1, 0.15) is 10.6 Å². The second-order valence-corrected chi connectivity index (χ2v) is 5.51. The van der Waals surface area contributed by atoms with Crippen LogP contribution in [0.3, 0.4) is 0 Å². The van der Waals surface area contributed by atoms with Crippen molar-refractivity contribution in [1.29, 1.82) is 0 Å². The highest BCUT2D eigenvalue weighted by atomic mass is 79.9. The zero-order valence-corrected chi connectivity index (χ0v) is 14.8. The lowest BCUT2D eigenvalue weighted by Gasteiger charge is -2.07. The molecular formula is C16H15BrN2O6. The minimum absolute atomic E-state index is 0.0527. The van der Waals surface area contributed by atoms with Gasteiger partial charge in [0.25, 0.3) is 11.8 Å². The van der Waals surface area contributed by atoms with Gasteiger partial charge in [-0.05, 0) is 52.3 Å². The molecule has 132 valence electrons. The van der Waals surface area contributed by atoms with Gasteiger partial charge in [-0.3, -0.25) is 14.4 Å². The number of benzene rings is 1. The van der Waals surface area contributed by atoms with Crippen molar-refractivity contribution in [3.8, 4) is 5.75 Å². The highest BCUT2D eigenvalue weighted by molar-refractivity contribution is 9.10. The van der Waals surface area contributed by atoms with Gasteiger partial charge in [0.1, 0.15) is 12.3 Å². The number of ether oxygens (including phenoxy) is 2.